The Morgan fingerprint density at radius 2 is 2.15 bits per heavy atom. The molecule has 0 aliphatic heterocycles. The molecular weight excluding hydrogens is 180 g/mol. The van der Waals surface area contributed by atoms with Gasteiger partial charge in [0.05, 0.1) is 0 Å². The number of hydrogen-bond donors (Lipinski definition) is 2. The van der Waals surface area contributed by atoms with Crippen LogP contribution in [0.3, 0.4) is 0 Å². The van der Waals surface area contributed by atoms with Crippen LogP contribution >= 0.6 is 12.2 Å². The second-order valence-electron chi connectivity index (χ2n) is 2.97. The first-order valence-corrected chi connectivity index (χ1v) is 4.69. The predicted octanol–water partition coefficient (Wildman–Crippen LogP) is 1.37. The van der Waals surface area contributed by atoms with Gasteiger partial charge in [0, 0.05) is 6.54 Å². The van der Waals surface area contributed by atoms with Crippen molar-refractivity contribution in [2.75, 3.05) is 6.54 Å². The summed E-state index contributed by atoms with van der Waals surface area (Å²) in [5, 5.41) is 3.30. The van der Waals surface area contributed by atoms with Crippen molar-refractivity contribution < 1.29 is 0 Å². The van der Waals surface area contributed by atoms with Gasteiger partial charge in [0.1, 0.15) is 0 Å². The van der Waals surface area contributed by atoms with Crippen LogP contribution in [-0.2, 0) is 6.42 Å². The second-order valence-corrected chi connectivity index (χ2v) is 3.41. The minimum Gasteiger partial charge on any atom is -0.376 e. The normalized spacial score (nSPS) is 9.62. The Balaban J connectivity index is 2.45. The quantitative estimate of drug-likeness (QED) is 0.714. The van der Waals surface area contributed by atoms with E-state index < -0.39 is 0 Å². The van der Waals surface area contributed by atoms with Crippen molar-refractivity contribution in [3.63, 3.8) is 0 Å². The van der Waals surface area contributed by atoms with Crippen molar-refractivity contribution in [3.8, 4) is 0 Å². The number of benzene rings is 1. The van der Waals surface area contributed by atoms with Crippen molar-refractivity contribution in [2.45, 2.75) is 13.3 Å². The highest BCUT2D eigenvalue weighted by molar-refractivity contribution is 7.80. The molecule has 0 spiro atoms. The van der Waals surface area contributed by atoms with E-state index in [9.17, 15) is 0 Å². The fraction of sp³-hybridized carbons (Fsp3) is 0.300. The highest BCUT2D eigenvalue weighted by Gasteiger charge is 1.95. The Morgan fingerprint density at radius 1 is 1.46 bits per heavy atom. The molecule has 0 aromatic heterocycles. The van der Waals surface area contributed by atoms with E-state index >= 15 is 0 Å². The molecule has 0 unspecified atom stereocenters. The number of nitrogens with two attached hydrogens (primary N) is 1. The molecule has 3 N–H and O–H groups in total. The van der Waals surface area contributed by atoms with Crippen LogP contribution in [0.25, 0.3) is 0 Å². The van der Waals surface area contributed by atoms with Gasteiger partial charge >= 0.3 is 0 Å². The van der Waals surface area contributed by atoms with Crippen molar-refractivity contribution in [1.29, 1.82) is 0 Å². The molecule has 3 heteroatoms. The molecule has 0 heterocycles. The molecule has 0 aliphatic carbocycles. The summed E-state index contributed by atoms with van der Waals surface area (Å²) in [6.45, 7) is 2.91. The molecule has 2 nitrogen and oxygen atoms in total. The lowest BCUT2D eigenvalue weighted by molar-refractivity contribution is 0.864. The standard InChI is InChI=1S/C10H14N2S/c1-8-4-2-3-5-9(8)6-7-12-10(11)13/h2-5H,6-7H2,1H3,(H3,11,12,13). The Kier molecular flexibility index (Phi) is 3.71. The van der Waals surface area contributed by atoms with Gasteiger partial charge in [-0.3, -0.25) is 0 Å². The smallest absolute Gasteiger partial charge is 0.163 e. The summed E-state index contributed by atoms with van der Waals surface area (Å²) >= 11 is 4.71. The molecule has 70 valence electrons. The Hall–Kier alpha value is -1.09. The maximum absolute atomic E-state index is 5.31. The largest absolute Gasteiger partial charge is 0.376 e. The van der Waals surface area contributed by atoms with Crippen molar-refractivity contribution in [2.24, 2.45) is 5.73 Å². The van der Waals surface area contributed by atoms with Crippen LogP contribution in [0.1, 0.15) is 11.1 Å². The average Bonchev–Trinajstić information content (AvgIpc) is 2.08. The maximum atomic E-state index is 5.31. The van der Waals surface area contributed by atoms with Gasteiger partial charge in [0.2, 0.25) is 0 Å². The molecule has 0 atom stereocenters. The lowest BCUT2D eigenvalue weighted by atomic mass is 10.1. The van der Waals surface area contributed by atoms with Crippen LogP contribution in [0.15, 0.2) is 24.3 Å². The molecule has 13 heavy (non-hydrogen) atoms. The monoisotopic (exact) mass is 194 g/mol. The minimum atomic E-state index is 0.369. The fourth-order valence-corrected chi connectivity index (χ4v) is 1.31. The van der Waals surface area contributed by atoms with E-state index in [-0.39, 0.29) is 0 Å². The lowest BCUT2D eigenvalue weighted by Crippen LogP contribution is -2.30. The van der Waals surface area contributed by atoms with Gasteiger partial charge in [-0.05, 0) is 36.7 Å². The Labute approximate surface area is 84.1 Å². The van der Waals surface area contributed by atoms with E-state index in [2.05, 4.69) is 24.4 Å². The van der Waals surface area contributed by atoms with E-state index in [0.29, 0.717) is 5.11 Å². The summed E-state index contributed by atoms with van der Waals surface area (Å²) in [7, 11) is 0. The fourth-order valence-electron chi connectivity index (χ4n) is 1.21. The number of hydrogen-bond acceptors (Lipinski definition) is 1. The average molecular weight is 194 g/mol. The SMILES string of the molecule is Cc1ccccc1CCNC(N)=S. The van der Waals surface area contributed by atoms with Crippen LogP contribution in [0, 0.1) is 6.92 Å². The highest BCUT2D eigenvalue weighted by Crippen LogP contribution is 2.06. The van der Waals surface area contributed by atoms with Crippen molar-refractivity contribution >= 4 is 17.3 Å². The Morgan fingerprint density at radius 3 is 2.77 bits per heavy atom. The van der Waals surface area contributed by atoms with Gasteiger partial charge in [-0.15, -0.1) is 0 Å². The van der Waals surface area contributed by atoms with Gasteiger partial charge in [-0.25, -0.2) is 0 Å². The third-order valence-electron chi connectivity index (χ3n) is 1.95. The predicted molar refractivity (Wildman–Crippen MR) is 59.7 cm³/mol. The van der Waals surface area contributed by atoms with Crippen LogP contribution in [0.2, 0.25) is 0 Å². The molecule has 1 aromatic rings. The van der Waals surface area contributed by atoms with E-state index in [0.717, 1.165) is 13.0 Å². The summed E-state index contributed by atoms with van der Waals surface area (Å²) in [6.07, 6.45) is 0.962. The first-order chi connectivity index (χ1) is 6.20. The van der Waals surface area contributed by atoms with Crippen molar-refractivity contribution in [1.82, 2.24) is 5.32 Å². The number of aryl methyl sites for hydroxylation is 1. The number of nitrogens with one attached hydrogen (secondary N) is 1. The zero-order valence-electron chi connectivity index (χ0n) is 7.71. The first kappa shape index (κ1) is 9.99. The van der Waals surface area contributed by atoms with Gasteiger partial charge in [0.15, 0.2) is 5.11 Å². The molecule has 0 radical (unpaired) electrons. The summed E-state index contributed by atoms with van der Waals surface area (Å²) < 4.78 is 0. The molecular formula is C10H14N2S. The van der Waals surface area contributed by atoms with E-state index in [1.165, 1.54) is 11.1 Å². The van der Waals surface area contributed by atoms with Crippen LogP contribution in [0.5, 0.6) is 0 Å². The summed E-state index contributed by atoms with van der Waals surface area (Å²) in [6, 6.07) is 8.32. The molecule has 1 aromatic carbocycles. The molecule has 0 aliphatic rings. The molecule has 0 bridgehead atoms. The van der Waals surface area contributed by atoms with Crippen LogP contribution in [-0.4, -0.2) is 11.7 Å². The maximum Gasteiger partial charge on any atom is 0.163 e. The van der Waals surface area contributed by atoms with E-state index in [1.807, 2.05) is 12.1 Å². The van der Waals surface area contributed by atoms with Gasteiger partial charge < -0.3 is 11.1 Å². The van der Waals surface area contributed by atoms with Crippen LogP contribution < -0.4 is 11.1 Å². The zero-order valence-corrected chi connectivity index (χ0v) is 8.53. The third kappa shape index (κ3) is 3.42. The number of thiocarbonyl (C=S) groups is 1. The molecule has 0 fully saturated rings. The molecule has 0 saturated carbocycles. The topological polar surface area (TPSA) is 38.0 Å². The van der Waals surface area contributed by atoms with Crippen molar-refractivity contribution in [3.05, 3.63) is 35.4 Å². The number of rotatable bonds is 3. The second kappa shape index (κ2) is 4.82. The van der Waals surface area contributed by atoms with Gasteiger partial charge in [-0.1, -0.05) is 24.3 Å². The van der Waals surface area contributed by atoms with Crippen LogP contribution in [0.4, 0.5) is 0 Å². The molecule has 0 amide bonds. The van der Waals surface area contributed by atoms with Gasteiger partial charge in [-0.2, -0.15) is 0 Å². The molecule has 1 rings (SSSR count). The van der Waals surface area contributed by atoms with E-state index in [1.54, 1.807) is 0 Å². The first-order valence-electron chi connectivity index (χ1n) is 4.28. The summed E-state index contributed by atoms with van der Waals surface area (Å²) in [5.41, 5.74) is 7.97. The van der Waals surface area contributed by atoms with Gasteiger partial charge in [0.25, 0.3) is 0 Å². The Bertz CT molecular complexity index is 297. The third-order valence-corrected chi connectivity index (χ3v) is 2.10. The minimum absolute atomic E-state index is 0.369. The highest BCUT2D eigenvalue weighted by atomic mass is 32.1. The van der Waals surface area contributed by atoms with E-state index in [4.69, 9.17) is 18.0 Å². The lowest BCUT2D eigenvalue weighted by Gasteiger charge is -2.06. The zero-order chi connectivity index (χ0) is 9.68. The summed E-state index contributed by atoms with van der Waals surface area (Å²) in [4.78, 5) is 0. The molecule has 0 saturated heterocycles. The summed E-state index contributed by atoms with van der Waals surface area (Å²) in [5.74, 6) is 0.